The minimum Gasteiger partial charge on any atom is -0.497 e. The first-order valence-electron chi connectivity index (χ1n) is 11.8. The molecule has 0 atom stereocenters. The maximum absolute atomic E-state index is 12.9. The van der Waals surface area contributed by atoms with Crippen molar-refractivity contribution in [2.75, 3.05) is 44.3 Å². The monoisotopic (exact) mass is 551 g/mol. The number of amides is 1. The number of aromatic nitrogens is 3. The van der Waals surface area contributed by atoms with Crippen LogP contribution in [0.3, 0.4) is 0 Å². The summed E-state index contributed by atoms with van der Waals surface area (Å²) in [5, 5.41) is 14.5. The highest BCUT2D eigenvalue weighted by atomic mass is 32.2. The third-order valence-electron chi connectivity index (χ3n) is 5.82. The van der Waals surface area contributed by atoms with Gasteiger partial charge in [0.15, 0.2) is 11.0 Å². The molecule has 2 aromatic carbocycles. The van der Waals surface area contributed by atoms with Crippen molar-refractivity contribution < 1.29 is 19.1 Å². The molecule has 4 rings (SSSR count). The van der Waals surface area contributed by atoms with Crippen molar-refractivity contribution >= 4 is 45.7 Å². The number of hydrogen-bond acceptors (Lipinski definition) is 9. The molecule has 0 aliphatic heterocycles. The molecule has 0 aliphatic carbocycles. The second-order valence-electron chi connectivity index (χ2n) is 8.41. The summed E-state index contributed by atoms with van der Waals surface area (Å²) in [6, 6.07) is 15.4. The standard InChI is InChI=1S/C27H29N5O4S2/c1-6-32-24(18-8-7-9-19(14-18)31(2)3)29-30-27(32)38-16-22(33)28-25-23(26(34)36-5)21(15-37-25)17-10-12-20(35-4)13-11-17/h7-15H,6,16H2,1-5H3,(H,28,33). The van der Waals surface area contributed by atoms with E-state index >= 15 is 0 Å². The van der Waals surface area contributed by atoms with Crippen LogP contribution in [-0.4, -0.2) is 60.7 Å². The van der Waals surface area contributed by atoms with Gasteiger partial charge in [-0.3, -0.25) is 4.79 Å². The minimum absolute atomic E-state index is 0.103. The number of anilines is 2. The molecule has 38 heavy (non-hydrogen) atoms. The number of ether oxygens (including phenoxy) is 2. The van der Waals surface area contributed by atoms with Gasteiger partial charge in [0.05, 0.1) is 20.0 Å². The molecule has 0 aliphatic rings. The number of carbonyl (C=O) groups excluding carboxylic acids is 2. The van der Waals surface area contributed by atoms with Crippen LogP contribution in [0.5, 0.6) is 5.75 Å². The van der Waals surface area contributed by atoms with Crippen molar-refractivity contribution in [2.45, 2.75) is 18.6 Å². The van der Waals surface area contributed by atoms with Crippen LogP contribution in [0.4, 0.5) is 10.7 Å². The first-order chi connectivity index (χ1) is 18.4. The van der Waals surface area contributed by atoms with Gasteiger partial charge < -0.3 is 24.3 Å². The van der Waals surface area contributed by atoms with E-state index in [1.54, 1.807) is 7.11 Å². The predicted molar refractivity (Wildman–Crippen MR) is 152 cm³/mol. The zero-order chi connectivity index (χ0) is 27.2. The minimum atomic E-state index is -0.518. The molecule has 11 heteroatoms. The number of thioether (sulfide) groups is 1. The summed E-state index contributed by atoms with van der Waals surface area (Å²) >= 11 is 2.57. The molecule has 9 nitrogen and oxygen atoms in total. The van der Waals surface area contributed by atoms with Gasteiger partial charge in [-0.05, 0) is 36.8 Å². The van der Waals surface area contributed by atoms with Gasteiger partial charge in [0.25, 0.3) is 0 Å². The average Bonchev–Trinajstić information content (AvgIpc) is 3.55. The first-order valence-corrected chi connectivity index (χ1v) is 13.7. The Bertz CT molecular complexity index is 1430. The quantitative estimate of drug-likeness (QED) is 0.210. The highest BCUT2D eigenvalue weighted by Crippen LogP contribution is 2.37. The molecule has 0 spiro atoms. The van der Waals surface area contributed by atoms with Crippen LogP contribution in [0, 0.1) is 0 Å². The summed E-state index contributed by atoms with van der Waals surface area (Å²) in [4.78, 5) is 27.6. The van der Waals surface area contributed by atoms with Crippen LogP contribution < -0.4 is 15.0 Å². The van der Waals surface area contributed by atoms with Crippen LogP contribution in [0.25, 0.3) is 22.5 Å². The Morgan fingerprint density at radius 1 is 1.08 bits per heavy atom. The number of benzene rings is 2. The molecule has 0 bridgehead atoms. The normalized spacial score (nSPS) is 10.8. The molecule has 1 N–H and O–H groups in total. The second-order valence-corrected chi connectivity index (χ2v) is 10.2. The van der Waals surface area contributed by atoms with E-state index in [9.17, 15) is 9.59 Å². The fourth-order valence-corrected chi connectivity index (χ4v) is 5.62. The molecule has 0 saturated carbocycles. The van der Waals surface area contributed by atoms with Gasteiger partial charge in [0, 0.05) is 42.8 Å². The molecule has 4 aromatic rings. The zero-order valence-electron chi connectivity index (χ0n) is 21.8. The number of rotatable bonds is 10. The Balaban J connectivity index is 1.50. The van der Waals surface area contributed by atoms with E-state index in [1.807, 2.05) is 78.3 Å². The number of hydrogen-bond donors (Lipinski definition) is 1. The van der Waals surface area contributed by atoms with Crippen LogP contribution in [0.1, 0.15) is 17.3 Å². The van der Waals surface area contributed by atoms with E-state index in [1.165, 1.54) is 30.2 Å². The fourth-order valence-electron chi connectivity index (χ4n) is 3.85. The molecule has 198 valence electrons. The van der Waals surface area contributed by atoms with Gasteiger partial charge in [-0.1, -0.05) is 36.0 Å². The molecule has 2 heterocycles. The van der Waals surface area contributed by atoms with Crippen molar-refractivity contribution in [3.05, 3.63) is 59.5 Å². The lowest BCUT2D eigenvalue weighted by atomic mass is 10.0. The smallest absolute Gasteiger partial charge is 0.341 e. The van der Waals surface area contributed by atoms with Gasteiger partial charge in [0.1, 0.15) is 16.3 Å². The Hall–Kier alpha value is -3.83. The number of methoxy groups -OCH3 is 2. The number of nitrogens with one attached hydrogen (secondary N) is 1. The van der Waals surface area contributed by atoms with E-state index < -0.39 is 5.97 Å². The summed E-state index contributed by atoms with van der Waals surface area (Å²) in [5.41, 5.74) is 3.84. The highest BCUT2D eigenvalue weighted by molar-refractivity contribution is 7.99. The van der Waals surface area contributed by atoms with Crippen LogP contribution in [0.15, 0.2) is 59.1 Å². The van der Waals surface area contributed by atoms with Gasteiger partial charge in [0.2, 0.25) is 5.91 Å². The second kappa shape index (κ2) is 12.1. The molecule has 0 fully saturated rings. The number of esters is 1. The maximum atomic E-state index is 12.9. The van der Waals surface area contributed by atoms with Crippen molar-refractivity contribution in [2.24, 2.45) is 0 Å². The van der Waals surface area contributed by atoms with Crippen LogP contribution in [-0.2, 0) is 16.1 Å². The van der Waals surface area contributed by atoms with E-state index in [2.05, 4.69) is 21.6 Å². The summed E-state index contributed by atoms with van der Waals surface area (Å²) in [5.74, 6) is 0.782. The molecular formula is C27H29N5O4S2. The fraction of sp³-hybridized carbons (Fsp3) is 0.259. The SMILES string of the molecule is CCn1c(SCC(=O)Nc2scc(-c3ccc(OC)cc3)c2C(=O)OC)nnc1-c1cccc(N(C)C)c1. The summed E-state index contributed by atoms with van der Waals surface area (Å²) in [7, 11) is 6.89. The molecule has 1 amide bonds. The topological polar surface area (TPSA) is 98.6 Å². The van der Waals surface area contributed by atoms with Gasteiger partial charge >= 0.3 is 5.97 Å². The van der Waals surface area contributed by atoms with Crippen molar-refractivity contribution in [1.82, 2.24) is 14.8 Å². The number of nitrogens with zero attached hydrogens (tertiary/aromatic N) is 4. The lowest BCUT2D eigenvalue weighted by molar-refractivity contribution is -0.113. The van der Waals surface area contributed by atoms with E-state index in [-0.39, 0.29) is 11.7 Å². The number of thiophene rings is 1. The highest BCUT2D eigenvalue weighted by Gasteiger charge is 2.23. The van der Waals surface area contributed by atoms with Crippen LogP contribution in [0.2, 0.25) is 0 Å². The summed E-state index contributed by atoms with van der Waals surface area (Å²) in [6.45, 7) is 2.67. The molecule has 2 aromatic heterocycles. The third kappa shape index (κ3) is 5.84. The van der Waals surface area contributed by atoms with Crippen molar-refractivity contribution in [1.29, 1.82) is 0 Å². The van der Waals surface area contributed by atoms with E-state index in [0.29, 0.717) is 33.6 Å². The Labute approximate surface area is 229 Å². The Kier molecular flexibility index (Phi) is 8.70. The average molecular weight is 552 g/mol. The lowest BCUT2D eigenvalue weighted by Gasteiger charge is -2.14. The zero-order valence-corrected chi connectivity index (χ0v) is 23.5. The lowest BCUT2D eigenvalue weighted by Crippen LogP contribution is -2.16. The predicted octanol–water partition coefficient (Wildman–Crippen LogP) is 5.29. The molecular weight excluding hydrogens is 522 g/mol. The molecule has 0 saturated heterocycles. The third-order valence-corrected chi connectivity index (χ3v) is 7.68. The summed E-state index contributed by atoms with van der Waals surface area (Å²) in [6.07, 6.45) is 0. The van der Waals surface area contributed by atoms with Gasteiger partial charge in [-0.25, -0.2) is 4.79 Å². The van der Waals surface area contributed by atoms with E-state index in [0.717, 1.165) is 22.6 Å². The van der Waals surface area contributed by atoms with Gasteiger partial charge in [-0.15, -0.1) is 21.5 Å². The largest absolute Gasteiger partial charge is 0.497 e. The molecule has 0 unspecified atom stereocenters. The summed E-state index contributed by atoms with van der Waals surface area (Å²) < 4.78 is 12.2. The maximum Gasteiger partial charge on any atom is 0.341 e. The van der Waals surface area contributed by atoms with Crippen molar-refractivity contribution in [3.8, 4) is 28.3 Å². The molecule has 0 radical (unpaired) electrons. The van der Waals surface area contributed by atoms with Crippen LogP contribution >= 0.6 is 23.1 Å². The number of carbonyl (C=O) groups is 2. The first kappa shape index (κ1) is 27.2. The Morgan fingerprint density at radius 2 is 1.84 bits per heavy atom. The van der Waals surface area contributed by atoms with Crippen molar-refractivity contribution in [3.63, 3.8) is 0 Å². The Morgan fingerprint density at radius 3 is 2.50 bits per heavy atom. The van der Waals surface area contributed by atoms with Gasteiger partial charge in [-0.2, -0.15) is 0 Å². The van der Waals surface area contributed by atoms with E-state index in [4.69, 9.17) is 9.47 Å².